The van der Waals surface area contributed by atoms with Crippen molar-refractivity contribution in [3.8, 4) is 5.75 Å². The fourth-order valence-electron chi connectivity index (χ4n) is 1.24. The zero-order chi connectivity index (χ0) is 13.8. The molecule has 0 atom stereocenters. The molecule has 0 radical (unpaired) electrons. The number of aromatic hydroxyl groups is 1. The first kappa shape index (κ1) is 14.2. The maximum absolute atomic E-state index is 11.3. The van der Waals surface area contributed by atoms with Crippen molar-refractivity contribution in [2.24, 2.45) is 0 Å². The quantitative estimate of drug-likeness (QED) is 0.713. The van der Waals surface area contributed by atoms with Gasteiger partial charge in [0.15, 0.2) is 0 Å². The lowest BCUT2D eigenvalue weighted by Crippen LogP contribution is -2.40. The highest BCUT2D eigenvalue weighted by molar-refractivity contribution is 5.66. The van der Waals surface area contributed by atoms with E-state index in [1.54, 1.807) is 32.9 Å². The van der Waals surface area contributed by atoms with Crippen molar-refractivity contribution in [1.29, 1.82) is 0 Å². The smallest absolute Gasteiger partial charge is 0.422 e. The average molecular weight is 253 g/mol. The Morgan fingerprint density at radius 1 is 1.44 bits per heavy atom. The molecule has 0 aliphatic rings. The van der Waals surface area contributed by atoms with Gasteiger partial charge in [-0.05, 0) is 39.8 Å². The molecule has 0 aliphatic carbocycles. The summed E-state index contributed by atoms with van der Waals surface area (Å²) in [6.45, 7) is 7.37. The molecule has 0 aromatic carbocycles. The van der Waals surface area contributed by atoms with Gasteiger partial charge in [0.2, 0.25) is 0 Å². The number of nitrogens with zero attached hydrogens (tertiary/aromatic N) is 1. The van der Waals surface area contributed by atoms with E-state index in [0.717, 1.165) is 5.69 Å². The minimum absolute atomic E-state index is 0.0825. The van der Waals surface area contributed by atoms with Crippen LogP contribution in [-0.4, -0.2) is 21.8 Å². The van der Waals surface area contributed by atoms with E-state index in [4.69, 9.17) is 4.74 Å². The van der Waals surface area contributed by atoms with Crippen LogP contribution in [-0.2, 0) is 11.3 Å². The van der Waals surface area contributed by atoms with E-state index in [1.165, 1.54) is 0 Å². The van der Waals surface area contributed by atoms with Gasteiger partial charge in [-0.1, -0.05) is 0 Å². The summed E-state index contributed by atoms with van der Waals surface area (Å²) in [5, 5.41) is 9.54. The van der Waals surface area contributed by atoms with Gasteiger partial charge in [-0.3, -0.25) is 10.4 Å². The van der Waals surface area contributed by atoms with Crippen LogP contribution in [0.2, 0.25) is 0 Å². The topological polar surface area (TPSA) is 83.5 Å². The van der Waals surface area contributed by atoms with Crippen LogP contribution in [0.15, 0.2) is 12.1 Å². The Morgan fingerprint density at radius 3 is 2.72 bits per heavy atom. The molecule has 6 heteroatoms. The Balaban J connectivity index is 2.42. The summed E-state index contributed by atoms with van der Waals surface area (Å²) in [5.74, 6) is 0.0825. The summed E-state index contributed by atoms with van der Waals surface area (Å²) in [4.78, 5) is 15.5. The molecule has 0 aliphatic heterocycles. The largest absolute Gasteiger partial charge is 0.506 e. The summed E-state index contributed by atoms with van der Waals surface area (Å²) in [6.07, 6.45) is -0.574. The van der Waals surface area contributed by atoms with E-state index in [1.807, 2.05) is 6.92 Å². The van der Waals surface area contributed by atoms with Crippen molar-refractivity contribution in [3.05, 3.63) is 23.5 Å². The van der Waals surface area contributed by atoms with Crippen LogP contribution in [0.4, 0.5) is 4.79 Å². The van der Waals surface area contributed by atoms with Crippen LogP contribution in [0.1, 0.15) is 32.2 Å². The Kier molecular flexibility index (Phi) is 4.49. The van der Waals surface area contributed by atoms with Gasteiger partial charge >= 0.3 is 6.09 Å². The standard InChI is InChI=1S/C12H19N3O3/c1-8-5-6-10(16)9(14-8)7-13-15-11(17)18-12(2,3)4/h5-6,13,16H,7H2,1-4H3,(H,15,17). The molecular formula is C12H19N3O3. The molecule has 1 amide bonds. The summed E-state index contributed by atoms with van der Waals surface area (Å²) in [5.41, 5.74) is 5.73. The Bertz CT molecular complexity index is 427. The number of hydrazine groups is 1. The summed E-state index contributed by atoms with van der Waals surface area (Å²) < 4.78 is 5.03. The molecule has 0 bridgehead atoms. The van der Waals surface area contributed by atoms with Crippen LogP contribution in [0, 0.1) is 6.92 Å². The third-order valence-electron chi connectivity index (χ3n) is 1.93. The molecule has 1 aromatic rings. The number of hydrogen-bond acceptors (Lipinski definition) is 5. The summed E-state index contributed by atoms with van der Waals surface area (Å²) in [7, 11) is 0. The molecule has 1 rings (SSSR count). The Morgan fingerprint density at radius 2 is 2.11 bits per heavy atom. The lowest BCUT2D eigenvalue weighted by molar-refractivity contribution is 0.0496. The van der Waals surface area contributed by atoms with Gasteiger partial charge in [0.1, 0.15) is 11.4 Å². The van der Waals surface area contributed by atoms with Gasteiger partial charge in [-0.2, -0.15) is 0 Å². The average Bonchev–Trinajstić information content (AvgIpc) is 2.20. The number of pyridine rings is 1. The van der Waals surface area contributed by atoms with Gasteiger partial charge in [-0.15, -0.1) is 0 Å². The van der Waals surface area contributed by atoms with Crippen LogP contribution in [0.25, 0.3) is 0 Å². The summed E-state index contributed by atoms with van der Waals surface area (Å²) >= 11 is 0. The predicted octanol–water partition coefficient (Wildman–Crippen LogP) is 1.62. The second-order valence-corrected chi connectivity index (χ2v) is 4.90. The highest BCUT2D eigenvalue weighted by atomic mass is 16.6. The number of amides is 1. The SMILES string of the molecule is Cc1ccc(O)c(CNNC(=O)OC(C)(C)C)n1. The summed E-state index contributed by atoms with van der Waals surface area (Å²) in [6, 6.07) is 3.27. The van der Waals surface area contributed by atoms with E-state index in [0.29, 0.717) is 5.69 Å². The fraction of sp³-hybridized carbons (Fsp3) is 0.500. The van der Waals surface area contributed by atoms with Crippen LogP contribution in [0.5, 0.6) is 5.75 Å². The van der Waals surface area contributed by atoms with Crippen molar-refractivity contribution in [1.82, 2.24) is 15.8 Å². The van der Waals surface area contributed by atoms with Gasteiger partial charge in [-0.25, -0.2) is 10.2 Å². The molecule has 100 valence electrons. The van der Waals surface area contributed by atoms with Crippen molar-refractivity contribution in [2.75, 3.05) is 0 Å². The predicted molar refractivity (Wildman–Crippen MR) is 66.8 cm³/mol. The van der Waals surface area contributed by atoms with Crippen molar-refractivity contribution < 1.29 is 14.6 Å². The Hall–Kier alpha value is -1.82. The van der Waals surface area contributed by atoms with Crippen LogP contribution < -0.4 is 10.9 Å². The first-order valence-electron chi connectivity index (χ1n) is 5.65. The molecule has 1 heterocycles. The molecule has 0 fully saturated rings. The van der Waals surface area contributed by atoms with Crippen LogP contribution in [0.3, 0.4) is 0 Å². The van der Waals surface area contributed by atoms with Gasteiger partial charge in [0.05, 0.1) is 12.2 Å². The van der Waals surface area contributed by atoms with E-state index >= 15 is 0 Å². The number of carbonyl (C=O) groups is 1. The molecular weight excluding hydrogens is 234 g/mol. The fourth-order valence-corrected chi connectivity index (χ4v) is 1.24. The van der Waals surface area contributed by atoms with E-state index in [-0.39, 0.29) is 12.3 Å². The van der Waals surface area contributed by atoms with Crippen molar-refractivity contribution in [3.63, 3.8) is 0 Å². The zero-order valence-electron chi connectivity index (χ0n) is 11.1. The minimum atomic E-state index is -0.574. The number of aryl methyl sites for hydroxylation is 1. The van der Waals surface area contributed by atoms with Gasteiger partial charge < -0.3 is 9.84 Å². The van der Waals surface area contributed by atoms with Crippen molar-refractivity contribution >= 4 is 6.09 Å². The number of rotatable bonds is 3. The van der Waals surface area contributed by atoms with Gasteiger partial charge in [0.25, 0.3) is 0 Å². The molecule has 3 N–H and O–H groups in total. The third-order valence-corrected chi connectivity index (χ3v) is 1.93. The third kappa shape index (κ3) is 5.01. The monoisotopic (exact) mass is 253 g/mol. The number of nitrogens with one attached hydrogen (secondary N) is 2. The van der Waals surface area contributed by atoms with Crippen molar-refractivity contribution in [2.45, 2.75) is 39.8 Å². The molecule has 0 saturated heterocycles. The first-order chi connectivity index (χ1) is 8.28. The second-order valence-electron chi connectivity index (χ2n) is 4.90. The molecule has 18 heavy (non-hydrogen) atoms. The molecule has 0 spiro atoms. The van der Waals surface area contributed by atoms with E-state index < -0.39 is 11.7 Å². The number of aromatic nitrogens is 1. The highest BCUT2D eigenvalue weighted by Crippen LogP contribution is 2.13. The molecule has 0 saturated carbocycles. The lowest BCUT2D eigenvalue weighted by atomic mass is 10.2. The normalized spacial score (nSPS) is 11.1. The zero-order valence-corrected chi connectivity index (χ0v) is 11.1. The maximum Gasteiger partial charge on any atom is 0.422 e. The highest BCUT2D eigenvalue weighted by Gasteiger charge is 2.15. The number of hydrogen-bond donors (Lipinski definition) is 3. The van der Waals surface area contributed by atoms with Gasteiger partial charge in [0, 0.05) is 5.69 Å². The first-order valence-corrected chi connectivity index (χ1v) is 5.65. The molecule has 1 aromatic heterocycles. The Labute approximate surface area is 106 Å². The second kappa shape index (κ2) is 5.68. The molecule has 0 unspecified atom stereocenters. The minimum Gasteiger partial charge on any atom is -0.506 e. The van der Waals surface area contributed by atoms with Crippen LogP contribution >= 0.6 is 0 Å². The number of carbonyl (C=O) groups excluding carboxylic acids is 1. The van der Waals surface area contributed by atoms with E-state index in [9.17, 15) is 9.90 Å². The lowest BCUT2D eigenvalue weighted by Gasteiger charge is -2.19. The van der Waals surface area contributed by atoms with E-state index in [2.05, 4.69) is 15.8 Å². The number of ether oxygens (including phenoxy) is 1. The maximum atomic E-state index is 11.3. The molecule has 6 nitrogen and oxygen atoms in total.